The van der Waals surface area contributed by atoms with Crippen LogP contribution >= 0.6 is 23.2 Å². The average molecular weight is 421 g/mol. The summed E-state index contributed by atoms with van der Waals surface area (Å²) in [5.41, 5.74) is -0.256. The molecule has 148 valence electrons. The number of pyridine rings is 1. The highest BCUT2D eigenvalue weighted by atomic mass is 35.5. The van der Waals surface area contributed by atoms with Crippen molar-refractivity contribution in [3.05, 3.63) is 68.6 Å². The fraction of sp³-hybridized carbons (Fsp3) is 0.381. The molecular formula is C21H22Cl2N2O3. The van der Waals surface area contributed by atoms with Crippen LogP contribution < -0.4 is 5.56 Å². The number of rotatable bonds is 5. The molecule has 1 heterocycles. The maximum atomic E-state index is 13.4. The van der Waals surface area contributed by atoms with Crippen molar-refractivity contribution in [2.75, 3.05) is 7.05 Å². The van der Waals surface area contributed by atoms with Gasteiger partial charge in [-0.3, -0.25) is 19.0 Å². The van der Waals surface area contributed by atoms with E-state index in [0.29, 0.717) is 5.02 Å². The zero-order chi connectivity index (χ0) is 20.3. The van der Waals surface area contributed by atoms with E-state index in [4.69, 9.17) is 23.2 Å². The summed E-state index contributed by atoms with van der Waals surface area (Å²) in [5.74, 6) is -0.932. The van der Waals surface area contributed by atoms with Gasteiger partial charge in [-0.25, -0.2) is 0 Å². The Labute approximate surface area is 173 Å². The van der Waals surface area contributed by atoms with Crippen LogP contribution in [-0.2, 0) is 4.79 Å². The summed E-state index contributed by atoms with van der Waals surface area (Å²) in [4.78, 5) is 40.7. The topological polar surface area (TPSA) is 59.4 Å². The summed E-state index contributed by atoms with van der Waals surface area (Å²) in [6.07, 6.45) is 6.51. The molecule has 1 aliphatic rings. The van der Waals surface area contributed by atoms with Crippen LogP contribution in [0, 0.1) is 0 Å². The summed E-state index contributed by atoms with van der Waals surface area (Å²) in [6, 6.07) is 7.77. The van der Waals surface area contributed by atoms with Crippen molar-refractivity contribution in [1.82, 2.24) is 9.47 Å². The van der Waals surface area contributed by atoms with Gasteiger partial charge in [-0.1, -0.05) is 48.5 Å². The first kappa shape index (κ1) is 20.6. The van der Waals surface area contributed by atoms with Gasteiger partial charge < -0.3 is 4.90 Å². The molecule has 1 aromatic heterocycles. The molecule has 1 aliphatic carbocycles. The predicted octanol–water partition coefficient (Wildman–Crippen LogP) is 4.37. The number of hydrogen-bond donors (Lipinski definition) is 0. The monoisotopic (exact) mass is 420 g/mol. The third-order valence-corrected chi connectivity index (χ3v) is 5.83. The molecule has 1 unspecified atom stereocenters. The highest BCUT2D eigenvalue weighted by molar-refractivity contribution is 6.37. The minimum atomic E-state index is -1.31. The number of aromatic nitrogens is 1. The van der Waals surface area contributed by atoms with E-state index < -0.39 is 23.3 Å². The minimum Gasteiger partial charge on any atom is -0.341 e. The van der Waals surface area contributed by atoms with Crippen LogP contribution in [0.1, 0.15) is 48.5 Å². The summed E-state index contributed by atoms with van der Waals surface area (Å²) >= 11 is 12.1. The zero-order valence-electron chi connectivity index (χ0n) is 15.6. The van der Waals surface area contributed by atoms with Crippen LogP contribution in [0.3, 0.4) is 0 Å². The number of hydrogen-bond acceptors (Lipinski definition) is 3. The number of amides is 1. The summed E-state index contributed by atoms with van der Waals surface area (Å²) in [6.45, 7) is 0. The third-order valence-electron chi connectivity index (χ3n) is 5.28. The Morgan fingerprint density at radius 3 is 2.46 bits per heavy atom. The van der Waals surface area contributed by atoms with Crippen molar-refractivity contribution in [1.29, 1.82) is 0 Å². The number of carbonyl (C=O) groups is 2. The second-order valence-electron chi connectivity index (χ2n) is 7.08. The molecule has 1 aromatic carbocycles. The fourth-order valence-electron chi connectivity index (χ4n) is 3.69. The predicted molar refractivity (Wildman–Crippen MR) is 110 cm³/mol. The molecule has 1 fully saturated rings. The molecule has 0 spiro atoms. The highest BCUT2D eigenvalue weighted by Crippen LogP contribution is 2.28. The third kappa shape index (κ3) is 4.31. The number of Topliss-reactive ketones (excluding diaryl/α,β-unsaturated/α-hetero) is 1. The number of carbonyl (C=O) groups excluding carboxylic acids is 2. The molecule has 3 rings (SSSR count). The standard InChI is InChI=1S/C21H22Cl2N2O3/c1-24(15-7-3-2-4-8-15)21(28)19(25-12-6-5-9-18(25)26)20(27)16-11-10-14(22)13-17(16)23/h5-6,9-13,15,19H,2-4,7-8H2,1H3. The van der Waals surface area contributed by atoms with Gasteiger partial charge in [0.15, 0.2) is 11.8 Å². The van der Waals surface area contributed by atoms with E-state index in [1.165, 1.54) is 29.0 Å². The highest BCUT2D eigenvalue weighted by Gasteiger charge is 2.35. The Balaban J connectivity index is 2.02. The molecule has 0 radical (unpaired) electrons. The van der Waals surface area contributed by atoms with Crippen LogP contribution in [0.5, 0.6) is 0 Å². The first-order chi connectivity index (χ1) is 13.4. The smallest absolute Gasteiger partial charge is 0.253 e. The summed E-state index contributed by atoms with van der Waals surface area (Å²) in [7, 11) is 1.70. The van der Waals surface area contributed by atoms with Gasteiger partial charge in [0.1, 0.15) is 0 Å². The van der Waals surface area contributed by atoms with Gasteiger partial charge in [0.05, 0.1) is 5.02 Å². The molecule has 0 bridgehead atoms. The van der Waals surface area contributed by atoms with E-state index in [-0.39, 0.29) is 16.6 Å². The lowest BCUT2D eigenvalue weighted by molar-refractivity contribution is -0.134. The van der Waals surface area contributed by atoms with Gasteiger partial charge in [-0.15, -0.1) is 0 Å². The minimum absolute atomic E-state index is 0.0663. The normalized spacial score (nSPS) is 15.8. The molecule has 28 heavy (non-hydrogen) atoms. The number of benzene rings is 1. The maximum Gasteiger partial charge on any atom is 0.253 e. The Hall–Kier alpha value is -2.11. The SMILES string of the molecule is CN(C(=O)C(C(=O)c1ccc(Cl)cc1Cl)n1ccccc1=O)C1CCCCC1. The second kappa shape index (κ2) is 8.93. The van der Waals surface area contributed by atoms with Gasteiger partial charge in [0.25, 0.3) is 11.5 Å². The van der Waals surface area contributed by atoms with Gasteiger partial charge >= 0.3 is 0 Å². The molecule has 2 aromatic rings. The van der Waals surface area contributed by atoms with E-state index >= 15 is 0 Å². The molecule has 0 N–H and O–H groups in total. The first-order valence-corrected chi connectivity index (χ1v) is 10.1. The lowest BCUT2D eigenvalue weighted by Crippen LogP contribution is -2.46. The molecule has 0 saturated heterocycles. The van der Waals surface area contributed by atoms with Crippen molar-refractivity contribution < 1.29 is 9.59 Å². The fourth-order valence-corrected chi connectivity index (χ4v) is 4.19. The average Bonchev–Trinajstić information content (AvgIpc) is 2.69. The lowest BCUT2D eigenvalue weighted by Gasteiger charge is -2.33. The number of nitrogens with zero attached hydrogens (tertiary/aromatic N) is 2. The molecule has 1 atom stereocenters. The second-order valence-corrected chi connectivity index (χ2v) is 7.92. The number of halogens is 2. The molecule has 7 heteroatoms. The van der Waals surface area contributed by atoms with E-state index in [1.807, 2.05) is 0 Å². The maximum absolute atomic E-state index is 13.4. The van der Waals surface area contributed by atoms with E-state index in [9.17, 15) is 14.4 Å². The van der Waals surface area contributed by atoms with Gasteiger partial charge in [0.2, 0.25) is 0 Å². The van der Waals surface area contributed by atoms with E-state index in [2.05, 4.69) is 0 Å². The van der Waals surface area contributed by atoms with E-state index in [1.54, 1.807) is 30.1 Å². The lowest BCUT2D eigenvalue weighted by atomic mass is 9.93. The summed E-state index contributed by atoms with van der Waals surface area (Å²) in [5, 5.41) is 0.542. The Bertz CT molecular complexity index is 935. The largest absolute Gasteiger partial charge is 0.341 e. The Kier molecular flexibility index (Phi) is 6.57. The van der Waals surface area contributed by atoms with Gasteiger partial charge in [0, 0.05) is 35.9 Å². The summed E-state index contributed by atoms with van der Waals surface area (Å²) < 4.78 is 1.18. The Morgan fingerprint density at radius 1 is 1.11 bits per heavy atom. The molecular weight excluding hydrogens is 399 g/mol. The van der Waals surface area contributed by atoms with Crippen LogP contribution in [-0.4, -0.2) is 34.2 Å². The van der Waals surface area contributed by atoms with Crippen LogP contribution in [0.4, 0.5) is 0 Å². The van der Waals surface area contributed by atoms with E-state index in [0.717, 1.165) is 32.1 Å². The van der Waals surface area contributed by atoms with Crippen LogP contribution in [0.15, 0.2) is 47.4 Å². The number of ketones is 1. The van der Waals surface area contributed by atoms with Crippen LogP contribution in [0.25, 0.3) is 0 Å². The quantitative estimate of drug-likeness (QED) is 0.532. The molecule has 1 saturated carbocycles. The van der Waals surface area contributed by atoms with Crippen molar-refractivity contribution in [2.24, 2.45) is 0 Å². The van der Waals surface area contributed by atoms with Gasteiger partial charge in [-0.2, -0.15) is 0 Å². The van der Waals surface area contributed by atoms with Crippen molar-refractivity contribution in [2.45, 2.75) is 44.2 Å². The van der Waals surface area contributed by atoms with Crippen molar-refractivity contribution >= 4 is 34.9 Å². The first-order valence-electron chi connectivity index (χ1n) is 9.33. The van der Waals surface area contributed by atoms with Crippen LogP contribution in [0.2, 0.25) is 10.0 Å². The Morgan fingerprint density at radius 2 is 1.82 bits per heavy atom. The zero-order valence-corrected chi connectivity index (χ0v) is 17.1. The van der Waals surface area contributed by atoms with Crippen molar-refractivity contribution in [3.8, 4) is 0 Å². The molecule has 5 nitrogen and oxygen atoms in total. The number of likely N-dealkylation sites (N-methyl/N-ethyl adjacent to an activating group) is 1. The van der Waals surface area contributed by atoms with Gasteiger partial charge in [-0.05, 0) is 37.1 Å². The molecule has 0 aliphatic heterocycles. The van der Waals surface area contributed by atoms with Crippen molar-refractivity contribution in [3.63, 3.8) is 0 Å². The molecule has 1 amide bonds.